The summed E-state index contributed by atoms with van der Waals surface area (Å²) >= 11 is 3.37. The van der Waals surface area contributed by atoms with E-state index in [1.807, 2.05) is 39.0 Å². The van der Waals surface area contributed by atoms with Gasteiger partial charge in [0.15, 0.2) is 0 Å². The summed E-state index contributed by atoms with van der Waals surface area (Å²) in [6.07, 6.45) is 0.766. The fourth-order valence-electron chi connectivity index (χ4n) is 1.70. The molecule has 0 saturated heterocycles. The van der Waals surface area contributed by atoms with E-state index in [4.69, 9.17) is 0 Å². The molecule has 1 rings (SSSR count). The Labute approximate surface area is 128 Å². The van der Waals surface area contributed by atoms with Crippen LogP contribution < -0.4 is 10.6 Å². The predicted molar refractivity (Wildman–Crippen MR) is 84.6 cm³/mol. The second kappa shape index (κ2) is 8.04. The molecule has 2 amide bonds. The first-order valence-corrected chi connectivity index (χ1v) is 7.50. The van der Waals surface area contributed by atoms with Crippen LogP contribution in [0.3, 0.4) is 0 Å². The molecule has 0 atom stereocenters. The number of anilines is 1. The van der Waals surface area contributed by atoms with E-state index >= 15 is 0 Å². The van der Waals surface area contributed by atoms with E-state index in [1.54, 1.807) is 0 Å². The monoisotopic (exact) mass is 340 g/mol. The van der Waals surface area contributed by atoms with Gasteiger partial charge in [0, 0.05) is 29.5 Å². The maximum Gasteiger partial charge on any atom is 0.226 e. The minimum absolute atomic E-state index is 0.00793. The van der Waals surface area contributed by atoms with E-state index in [0.717, 1.165) is 15.7 Å². The SMILES string of the molecule is Cc1ccc(Br)cc1NC(=O)CCNC(=O)CC(C)C. The first-order valence-electron chi connectivity index (χ1n) is 6.71. The van der Waals surface area contributed by atoms with E-state index in [1.165, 1.54) is 0 Å². The van der Waals surface area contributed by atoms with Gasteiger partial charge in [0.25, 0.3) is 0 Å². The Morgan fingerprint density at radius 2 is 1.95 bits per heavy atom. The summed E-state index contributed by atoms with van der Waals surface area (Å²) in [5.74, 6) is 0.218. The molecule has 0 fully saturated rings. The second-order valence-corrected chi connectivity index (χ2v) is 6.12. The highest BCUT2D eigenvalue weighted by Gasteiger charge is 2.07. The summed E-state index contributed by atoms with van der Waals surface area (Å²) < 4.78 is 0.920. The van der Waals surface area contributed by atoms with Crippen molar-refractivity contribution in [3.63, 3.8) is 0 Å². The summed E-state index contributed by atoms with van der Waals surface area (Å²) in [6, 6.07) is 5.73. The molecule has 1 aromatic carbocycles. The summed E-state index contributed by atoms with van der Waals surface area (Å²) in [5, 5.41) is 5.59. The molecule has 0 saturated carbocycles. The van der Waals surface area contributed by atoms with Gasteiger partial charge in [-0.05, 0) is 30.5 Å². The predicted octanol–water partition coefficient (Wildman–Crippen LogP) is 3.25. The lowest BCUT2D eigenvalue weighted by molar-refractivity contribution is -0.121. The molecule has 0 heterocycles. The maximum absolute atomic E-state index is 11.8. The minimum atomic E-state index is -0.101. The lowest BCUT2D eigenvalue weighted by Gasteiger charge is -2.10. The van der Waals surface area contributed by atoms with Gasteiger partial charge in [-0.1, -0.05) is 35.8 Å². The third-order valence-corrected chi connectivity index (χ3v) is 3.23. The Morgan fingerprint density at radius 3 is 2.60 bits per heavy atom. The van der Waals surface area contributed by atoms with Crippen LogP contribution >= 0.6 is 15.9 Å². The largest absolute Gasteiger partial charge is 0.356 e. The van der Waals surface area contributed by atoms with Crippen molar-refractivity contribution in [2.45, 2.75) is 33.6 Å². The van der Waals surface area contributed by atoms with Gasteiger partial charge in [-0.25, -0.2) is 0 Å². The number of nitrogens with one attached hydrogen (secondary N) is 2. The summed E-state index contributed by atoms with van der Waals surface area (Å²) in [4.78, 5) is 23.2. The van der Waals surface area contributed by atoms with Gasteiger partial charge in [-0.15, -0.1) is 0 Å². The van der Waals surface area contributed by atoms with Gasteiger partial charge in [-0.2, -0.15) is 0 Å². The Balaban J connectivity index is 2.37. The zero-order valence-electron chi connectivity index (χ0n) is 12.1. The number of aryl methyl sites for hydroxylation is 1. The third-order valence-electron chi connectivity index (χ3n) is 2.74. The molecule has 4 nitrogen and oxygen atoms in total. The first-order chi connectivity index (χ1) is 9.38. The van der Waals surface area contributed by atoms with Crippen molar-refractivity contribution in [3.05, 3.63) is 28.2 Å². The van der Waals surface area contributed by atoms with Crippen LogP contribution in [-0.4, -0.2) is 18.4 Å². The normalized spacial score (nSPS) is 10.4. The molecule has 0 unspecified atom stereocenters. The van der Waals surface area contributed by atoms with Crippen molar-refractivity contribution in [1.29, 1.82) is 0 Å². The van der Waals surface area contributed by atoms with Crippen LogP contribution in [0.5, 0.6) is 0 Å². The Bertz CT molecular complexity index is 487. The molecule has 0 spiro atoms. The smallest absolute Gasteiger partial charge is 0.226 e. The van der Waals surface area contributed by atoms with E-state index in [0.29, 0.717) is 18.9 Å². The zero-order valence-corrected chi connectivity index (χ0v) is 13.7. The molecular formula is C15H21BrN2O2. The fraction of sp³-hybridized carbons (Fsp3) is 0.467. The molecule has 110 valence electrons. The van der Waals surface area contributed by atoms with E-state index in [9.17, 15) is 9.59 Å². The van der Waals surface area contributed by atoms with Crippen molar-refractivity contribution in [3.8, 4) is 0 Å². The highest BCUT2D eigenvalue weighted by Crippen LogP contribution is 2.20. The van der Waals surface area contributed by atoms with Gasteiger partial charge >= 0.3 is 0 Å². The topological polar surface area (TPSA) is 58.2 Å². The van der Waals surface area contributed by atoms with Crippen LogP contribution in [0.2, 0.25) is 0 Å². The van der Waals surface area contributed by atoms with Crippen LogP contribution in [0, 0.1) is 12.8 Å². The van der Waals surface area contributed by atoms with Crippen molar-refractivity contribution in [2.75, 3.05) is 11.9 Å². The highest BCUT2D eigenvalue weighted by atomic mass is 79.9. The average molecular weight is 341 g/mol. The van der Waals surface area contributed by atoms with Crippen molar-refractivity contribution in [1.82, 2.24) is 5.32 Å². The van der Waals surface area contributed by atoms with Crippen LogP contribution in [-0.2, 0) is 9.59 Å². The van der Waals surface area contributed by atoms with Gasteiger partial charge < -0.3 is 10.6 Å². The summed E-state index contributed by atoms with van der Waals surface area (Å²) in [6.45, 7) is 6.28. The quantitative estimate of drug-likeness (QED) is 0.834. The van der Waals surface area contributed by atoms with Crippen LogP contribution in [0.1, 0.15) is 32.3 Å². The molecule has 0 aliphatic carbocycles. The van der Waals surface area contributed by atoms with Crippen LogP contribution in [0.4, 0.5) is 5.69 Å². The molecule has 0 aliphatic rings. The Kier molecular flexibility index (Phi) is 6.71. The number of carbonyl (C=O) groups is 2. The fourth-order valence-corrected chi connectivity index (χ4v) is 2.06. The molecule has 2 N–H and O–H groups in total. The van der Waals surface area contributed by atoms with E-state index < -0.39 is 0 Å². The summed E-state index contributed by atoms with van der Waals surface area (Å²) in [7, 11) is 0. The number of carbonyl (C=O) groups excluding carboxylic acids is 2. The van der Waals surface area contributed by atoms with Gasteiger partial charge in [0.2, 0.25) is 11.8 Å². The van der Waals surface area contributed by atoms with Gasteiger partial charge in [0.1, 0.15) is 0 Å². The molecule has 0 aromatic heterocycles. The first kappa shape index (κ1) is 16.7. The molecule has 0 radical (unpaired) electrons. The molecular weight excluding hydrogens is 320 g/mol. The molecule has 0 aliphatic heterocycles. The maximum atomic E-state index is 11.8. The van der Waals surface area contributed by atoms with Gasteiger partial charge in [0.05, 0.1) is 0 Å². The average Bonchev–Trinajstić information content (AvgIpc) is 2.33. The zero-order chi connectivity index (χ0) is 15.1. The van der Waals surface area contributed by atoms with Crippen molar-refractivity contribution >= 4 is 33.4 Å². The number of benzene rings is 1. The number of hydrogen-bond donors (Lipinski definition) is 2. The Morgan fingerprint density at radius 1 is 1.25 bits per heavy atom. The van der Waals surface area contributed by atoms with Crippen LogP contribution in [0.25, 0.3) is 0 Å². The van der Waals surface area contributed by atoms with Crippen molar-refractivity contribution < 1.29 is 9.59 Å². The Hall–Kier alpha value is -1.36. The minimum Gasteiger partial charge on any atom is -0.356 e. The number of halogens is 1. The molecule has 1 aromatic rings. The van der Waals surface area contributed by atoms with E-state index in [-0.39, 0.29) is 18.2 Å². The third kappa shape index (κ3) is 6.19. The summed E-state index contributed by atoms with van der Waals surface area (Å²) in [5.41, 5.74) is 1.79. The number of amides is 2. The van der Waals surface area contributed by atoms with Crippen molar-refractivity contribution in [2.24, 2.45) is 5.92 Å². The highest BCUT2D eigenvalue weighted by molar-refractivity contribution is 9.10. The standard InChI is InChI=1S/C15H21BrN2O2/c1-10(2)8-15(20)17-7-6-14(19)18-13-9-12(16)5-4-11(13)3/h4-5,9-10H,6-8H2,1-3H3,(H,17,20)(H,18,19). The van der Waals surface area contributed by atoms with E-state index in [2.05, 4.69) is 26.6 Å². The molecule has 0 bridgehead atoms. The second-order valence-electron chi connectivity index (χ2n) is 5.21. The number of rotatable bonds is 6. The molecule has 5 heteroatoms. The molecule has 20 heavy (non-hydrogen) atoms. The number of hydrogen-bond acceptors (Lipinski definition) is 2. The van der Waals surface area contributed by atoms with Gasteiger partial charge in [-0.3, -0.25) is 9.59 Å². The lowest BCUT2D eigenvalue weighted by atomic mass is 10.1. The lowest BCUT2D eigenvalue weighted by Crippen LogP contribution is -2.28. The van der Waals surface area contributed by atoms with Crippen LogP contribution in [0.15, 0.2) is 22.7 Å².